The van der Waals surface area contributed by atoms with Crippen LogP contribution in [0, 0.1) is 5.92 Å². The van der Waals surface area contributed by atoms with E-state index in [9.17, 15) is 0 Å². The van der Waals surface area contributed by atoms with Crippen molar-refractivity contribution in [2.75, 3.05) is 4.90 Å². The fourth-order valence-corrected chi connectivity index (χ4v) is 10.2. The van der Waals surface area contributed by atoms with Crippen LogP contribution in [0.1, 0.15) is 36.3 Å². The minimum Gasteiger partial charge on any atom is -0.314 e. The molecule has 0 N–H and O–H groups in total. The van der Waals surface area contributed by atoms with Gasteiger partial charge in [-0.15, -0.1) is 0 Å². The molecule has 2 aromatic heterocycles. The summed E-state index contributed by atoms with van der Waals surface area (Å²) in [6.07, 6.45) is 3.62. The summed E-state index contributed by atoms with van der Waals surface area (Å²) >= 11 is 0. The molecular weight excluding hydrogens is 765 g/mol. The average molecular weight is 809 g/mol. The van der Waals surface area contributed by atoms with Crippen LogP contribution >= 0.6 is 0 Å². The molecule has 3 heterocycles. The van der Waals surface area contributed by atoms with E-state index in [1.165, 1.54) is 50.0 Å². The van der Waals surface area contributed by atoms with Crippen LogP contribution in [0.25, 0.3) is 72.5 Å². The molecule has 10 aromatic rings. The topological polar surface area (TPSA) is 34.0 Å². The molecule has 1 aliphatic carbocycles. The van der Waals surface area contributed by atoms with Gasteiger partial charge in [0.1, 0.15) is 0 Å². The maximum Gasteiger partial charge on any atom is 0.160 e. The molecule has 8 aromatic carbocycles. The minimum atomic E-state index is 0.351. The quantitative estimate of drug-likeness (QED) is 0.161. The standard InChI is InChI=1S/C59H44N4/c1-39-35-57-52(49-22-12-14-24-56(49)62(57)46-19-9-4-10-20-46)37-51(39)45-31-34-50-48-21-11-13-23-55(48)63(58(50)36-45)47-32-29-41(30-33-47)40-25-27-44(28-26-40)59-60-53(42-15-5-2-6-16-42)38-54(61-59)43-17-7-3-8-18-43/h2-36,38-39,51-52H,37H2,1H3. The first-order chi connectivity index (χ1) is 31.1. The van der Waals surface area contributed by atoms with E-state index in [0.717, 1.165) is 51.3 Å². The van der Waals surface area contributed by atoms with Crippen molar-refractivity contribution in [2.45, 2.75) is 25.2 Å². The molecule has 0 amide bonds. The van der Waals surface area contributed by atoms with Gasteiger partial charge in [0, 0.05) is 56.1 Å². The van der Waals surface area contributed by atoms with Crippen LogP contribution in [0.15, 0.2) is 224 Å². The predicted molar refractivity (Wildman–Crippen MR) is 260 cm³/mol. The molecule has 3 atom stereocenters. The van der Waals surface area contributed by atoms with Crippen molar-refractivity contribution in [1.29, 1.82) is 0 Å². The molecule has 300 valence electrons. The molecular formula is C59H44N4. The largest absolute Gasteiger partial charge is 0.314 e. The molecule has 0 spiro atoms. The second-order valence-electron chi connectivity index (χ2n) is 17.0. The van der Waals surface area contributed by atoms with Gasteiger partial charge in [0.25, 0.3) is 0 Å². The van der Waals surface area contributed by atoms with E-state index in [0.29, 0.717) is 23.6 Å². The first-order valence-corrected chi connectivity index (χ1v) is 22.0. The van der Waals surface area contributed by atoms with E-state index < -0.39 is 0 Å². The second-order valence-corrected chi connectivity index (χ2v) is 17.0. The van der Waals surface area contributed by atoms with Crippen LogP contribution in [-0.2, 0) is 0 Å². The molecule has 0 saturated heterocycles. The molecule has 0 fully saturated rings. The highest BCUT2D eigenvalue weighted by atomic mass is 15.2. The fraction of sp³-hybridized carbons (Fsp3) is 0.0847. The van der Waals surface area contributed by atoms with Crippen LogP contribution in [0.5, 0.6) is 0 Å². The van der Waals surface area contributed by atoms with Gasteiger partial charge in [-0.3, -0.25) is 0 Å². The molecule has 4 heteroatoms. The van der Waals surface area contributed by atoms with Crippen molar-refractivity contribution in [3.63, 3.8) is 0 Å². The van der Waals surface area contributed by atoms with Crippen molar-refractivity contribution in [3.05, 3.63) is 235 Å². The van der Waals surface area contributed by atoms with Crippen LogP contribution in [0.3, 0.4) is 0 Å². The smallest absolute Gasteiger partial charge is 0.160 e. The first kappa shape index (κ1) is 37.0. The number of fused-ring (bicyclic) bond motifs is 6. The summed E-state index contributed by atoms with van der Waals surface area (Å²) in [4.78, 5) is 12.6. The number of hydrogen-bond donors (Lipinski definition) is 0. The van der Waals surface area contributed by atoms with E-state index in [-0.39, 0.29) is 0 Å². The van der Waals surface area contributed by atoms with Gasteiger partial charge in [0.15, 0.2) is 5.82 Å². The average Bonchev–Trinajstić information content (AvgIpc) is 3.86. The van der Waals surface area contributed by atoms with Gasteiger partial charge < -0.3 is 9.47 Å². The zero-order valence-corrected chi connectivity index (χ0v) is 35.0. The number of aromatic nitrogens is 3. The lowest BCUT2D eigenvalue weighted by Crippen LogP contribution is -2.23. The highest BCUT2D eigenvalue weighted by Gasteiger charge is 2.40. The number of nitrogens with zero attached hydrogens (tertiary/aromatic N) is 4. The van der Waals surface area contributed by atoms with Crippen molar-refractivity contribution >= 4 is 33.2 Å². The Balaban J connectivity index is 0.874. The molecule has 4 nitrogen and oxygen atoms in total. The molecule has 0 radical (unpaired) electrons. The van der Waals surface area contributed by atoms with Gasteiger partial charge >= 0.3 is 0 Å². The van der Waals surface area contributed by atoms with Crippen molar-refractivity contribution < 1.29 is 0 Å². The fourth-order valence-electron chi connectivity index (χ4n) is 10.2. The molecule has 63 heavy (non-hydrogen) atoms. The zero-order chi connectivity index (χ0) is 41.9. The predicted octanol–water partition coefficient (Wildman–Crippen LogP) is 15.2. The highest BCUT2D eigenvalue weighted by molar-refractivity contribution is 6.09. The lowest BCUT2D eigenvalue weighted by atomic mass is 9.73. The summed E-state index contributed by atoms with van der Waals surface area (Å²) in [5, 5.41) is 2.55. The normalized spacial score (nSPS) is 16.8. The number of rotatable bonds is 7. The monoisotopic (exact) mass is 808 g/mol. The number of hydrogen-bond acceptors (Lipinski definition) is 3. The molecule has 12 rings (SSSR count). The third-order valence-corrected chi connectivity index (χ3v) is 13.3. The van der Waals surface area contributed by atoms with Gasteiger partial charge in [-0.2, -0.15) is 0 Å². The van der Waals surface area contributed by atoms with Crippen molar-refractivity contribution in [3.8, 4) is 50.7 Å². The third kappa shape index (κ3) is 6.45. The van der Waals surface area contributed by atoms with Crippen molar-refractivity contribution in [2.24, 2.45) is 5.92 Å². The Labute approximate surface area is 368 Å². The van der Waals surface area contributed by atoms with E-state index in [1.807, 2.05) is 12.1 Å². The summed E-state index contributed by atoms with van der Waals surface area (Å²) in [5.41, 5.74) is 17.7. The van der Waals surface area contributed by atoms with Gasteiger partial charge in [-0.05, 0) is 89.0 Å². The van der Waals surface area contributed by atoms with Crippen LogP contribution in [-0.4, -0.2) is 14.5 Å². The minimum absolute atomic E-state index is 0.351. The summed E-state index contributed by atoms with van der Waals surface area (Å²) in [6, 6.07) is 76.4. The Kier molecular flexibility index (Phi) is 8.96. The molecule has 1 aliphatic heterocycles. The molecule has 0 bridgehead atoms. The van der Waals surface area contributed by atoms with Crippen molar-refractivity contribution in [1.82, 2.24) is 14.5 Å². The van der Waals surface area contributed by atoms with Gasteiger partial charge in [0.2, 0.25) is 0 Å². The maximum atomic E-state index is 5.05. The first-order valence-electron chi connectivity index (χ1n) is 22.0. The van der Waals surface area contributed by atoms with E-state index in [4.69, 9.17) is 9.97 Å². The zero-order valence-electron chi connectivity index (χ0n) is 35.0. The van der Waals surface area contributed by atoms with E-state index in [2.05, 4.69) is 223 Å². The van der Waals surface area contributed by atoms with Gasteiger partial charge in [-0.25, -0.2) is 9.97 Å². The summed E-state index contributed by atoms with van der Waals surface area (Å²) < 4.78 is 2.46. The number of benzene rings is 8. The SMILES string of the molecule is CC1C=C2C(CC1c1ccc3c4ccccc4n(-c4ccc(-c5ccc(-c6nc(-c7ccccc7)cc(-c7ccccc7)n6)cc5)cc4)c3c1)c1ccccc1N2c1ccccc1. The Hall–Kier alpha value is -7.82. The highest BCUT2D eigenvalue weighted by Crippen LogP contribution is 2.55. The van der Waals surface area contributed by atoms with Crippen LogP contribution < -0.4 is 4.90 Å². The molecule has 0 saturated carbocycles. The number of para-hydroxylation sites is 3. The number of allylic oxidation sites excluding steroid dienone is 2. The van der Waals surface area contributed by atoms with Gasteiger partial charge in [-0.1, -0.05) is 177 Å². The lowest BCUT2D eigenvalue weighted by Gasteiger charge is -2.34. The summed E-state index contributed by atoms with van der Waals surface area (Å²) in [6.45, 7) is 2.40. The summed E-state index contributed by atoms with van der Waals surface area (Å²) in [7, 11) is 0. The van der Waals surface area contributed by atoms with Crippen LogP contribution in [0.4, 0.5) is 11.4 Å². The maximum absolute atomic E-state index is 5.05. The second kappa shape index (κ2) is 15.3. The van der Waals surface area contributed by atoms with Crippen LogP contribution in [0.2, 0.25) is 0 Å². The third-order valence-electron chi connectivity index (χ3n) is 13.3. The number of anilines is 2. The Morgan fingerprint density at radius 1 is 0.460 bits per heavy atom. The Morgan fingerprint density at radius 2 is 1.03 bits per heavy atom. The van der Waals surface area contributed by atoms with E-state index in [1.54, 1.807) is 0 Å². The van der Waals surface area contributed by atoms with Gasteiger partial charge in [0.05, 0.1) is 22.4 Å². The molecule has 2 aliphatic rings. The van der Waals surface area contributed by atoms with E-state index >= 15 is 0 Å². The molecule has 3 unspecified atom stereocenters. The Morgan fingerprint density at radius 3 is 1.73 bits per heavy atom. The Bertz CT molecular complexity index is 3260. The summed E-state index contributed by atoms with van der Waals surface area (Å²) in [5.74, 6) is 1.83. The lowest BCUT2D eigenvalue weighted by molar-refractivity contribution is 0.453.